The normalized spacial score (nSPS) is 10.5. The molecule has 0 fully saturated rings. The molecular formula is C16H18N4. The zero-order valence-corrected chi connectivity index (χ0v) is 11.8. The number of nitriles is 1. The standard InChI is InChI=1S/C16H18N4/c1-4-9-20-15(18)14(19-16(20)11(2)3)13-7-5-12(10-17)6-8-13/h4-8,11H,1,9,18H2,2-3H3. The lowest BCUT2D eigenvalue weighted by Gasteiger charge is -2.09. The van der Waals surface area contributed by atoms with Gasteiger partial charge in [-0.25, -0.2) is 4.98 Å². The Morgan fingerprint density at radius 3 is 2.55 bits per heavy atom. The van der Waals surface area contributed by atoms with Crippen molar-refractivity contribution in [3.05, 3.63) is 48.3 Å². The van der Waals surface area contributed by atoms with Gasteiger partial charge in [0.2, 0.25) is 0 Å². The van der Waals surface area contributed by atoms with E-state index in [1.165, 1.54) is 0 Å². The minimum Gasteiger partial charge on any atom is -0.383 e. The van der Waals surface area contributed by atoms with E-state index in [2.05, 4.69) is 31.5 Å². The number of benzene rings is 1. The van der Waals surface area contributed by atoms with Crippen molar-refractivity contribution < 1.29 is 0 Å². The van der Waals surface area contributed by atoms with E-state index in [1.807, 2.05) is 22.8 Å². The first-order valence-corrected chi connectivity index (χ1v) is 6.55. The van der Waals surface area contributed by atoms with E-state index < -0.39 is 0 Å². The van der Waals surface area contributed by atoms with Crippen LogP contribution in [0, 0.1) is 11.3 Å². The molecule has 0 unspecified atom stereocenters. The van der Waals surface area contributed by atoms with Gasteiger partial charge in [-0.05, 0) is 12.1 Å². The number of nitrogens with two attached hydrogens (primary N) is 1. The summed E-state index contributed by atoms with van der Waals surface area (Å²) >= 11 is 0. The molecule has 0 saturated heterocycles. The maximum atomic E-state index is 8.84. The summed E-state index contributed by atoms with van der Waals surface area (Å²) in [6.45, 7) is 8.58. The maximum Gasteiger partial charge on any atom is 0.132 e. The van der Waals surface area contributed by atoms with Gasteiger partial charge in [-0.2, -0.15) is 5.26 Å². The second-order valence-corrected chi connectivity index (χ2v) is 4.95. The summed E-state index contributed by atoms with van der Waals surface area (Å²) < 4.78 is 1.98. The SMILES string of the molecule is C=CCn1c(C(C)C)nc(-c2ccc(C#N)cc2)c1N. The average Bonchev–Trinajstić information content (AvgIpc) is 2.77. The number of allylic oxidation sites excluding steroid dienone is 1. The summed E-state index contributed by atoms with van der Waals surface area (Å²) in [4.78, 5) is 4.66. The number of nitrogens with zero attached hydrogens (tertiary/aromatic N) is 3. The lowest BCUT2D eigenvalue weighted by Crippen LogP contribution is -2.07. The fraction of sp³-hybridized carbons (Fsp3) is 0.250. The van der Waals surface area contributed by atoms with Crippen LogP contribution in [0.5, 0.6) is 0 Å². The summed E-state index contributed by atoms with van der Waals surface area (Å²) in [6.07, 6.45) is 1.81. The molecule has 102 valence electrons. The van der Waals surface area contributed by atoms with E-state index in [0.717, 1.165) is 17.1 Å². The molecule has 20 heavy (non-hydrogen) atoms. The lowest BCUT2D eigenvalue weighted by molar-refractivity contribution is 0.684. The minimum atomic E-state index is 0.282. The molecule has 0 aliphatic heterocycles. The van der Waals surface area contributed by atoms with E-state index >= 15 is 0 Å². The predicted molar refractivity (Wildman–Crippen MR) is 81.1 cm³/mol. The first-order chi connectivity index (χ1) is 9.58. The third-order valence-electron chi connectivity index (χ3n) is 3.15. The van der Waals surface area contributed by atoms with Gasteiger partial charge < -0.3 is 10.3 Å². The number of rotatable bonds is 4. The van der Waals surface area contributed by atoms with Crippen molar-refractivity contribution in [2.24, 2.45) is 0 Å². The zero-order chi connectivity index (χ0) is 14.7. The number of hydrogen-bond donors (Lipinski definition) is 1. The van der Waals surface area contributed by atoms with Gasteiger partial charge in [0, 0.05) is 18.0 Å². The number of aromatic nitrogens is 2. The number of imidazole rings is 1. The molecule has 0 aliphatic carbocycles. The Morgan fingerprint density at radius 1 is 1.40 bits per heavy atom. The molecule has 0 radical (unpaired) electrons. The van der Waals surface area contributed by atoms with Crippen LogP contribution in [-0.4, -0.2) is 9.55 Å². The van der Waals surface area contributed by atoms with Crippen molar-refractivity contribution in [1.82, 2.24) is 9.55 Å². The van der Waals surface area contributed by atoms with Crippen LogP contribution in [0.3, 0.4) is 0 Å². The second-order valence-electron chi connectivity index (χ2n) is 4.95. The highest BCUT2D eigenvalue weighted by molar-refractivity contribution is 5.71. The van der Waals surface area contributed by atoms with Crippen LogP contribution in [0.15, 0.2) is 36.9 Å². The van der Waals surface area contributed by atoms with E-state index in [0.29, 0.717) is 17.9 Å². The van der Waals surface area contributed by atoms with Gasteiger partial charge in [0.1, 0.15) is 17.3 Å². The summed E-state index contributed by atoms with van der Waals surface area (Å²) in [5.74, 6) is 1.87. The summed E-state index contributed by atoms with van der Waals surface area (Å²) in [5, 5.41) is 8.84. The largest absolute Gasteiger partial charge is 0.383 e. The van der Waals surface area contributed by atoms with E-state index in [4.69, 9.17) is 11.0 Å². The number of anilines is 1. The Bertz CT molecular complexity index is 657. The highest BCUT2D eigenvalue weighted by Crippen LogP contribution is 2.29. The average molecular weight is 266 g/mol. The highest BCUT2D eigenvalue weighted by Gasteiger charge is 2.17. The molecule has 0 spiro atoms. The summed E-state index contributed by atoms with van der Waals surface area (Å²) in [6, 6.07) is 9.40. The molecule has 1 aromatic carbocycles. The number of hydrogen-bond acceptors (Lipinski definition) is 3. The molecule has 2 rings (SSSR count). The number of nitrogen functional groups attached to an aromatic ring is 1. The van der Waals surface area contributed by atoms with Crippen molar-refractivity contribution in [1.29, 1.82) is 5.26 Å². The fourth-order valence-electron chi connectivity index (χ4n) is 2.16. The fourth-order valence-corrected chi connectivity index (χ4v) is 2.16. The van der Waals surface area contributed by atoms with E-state index in [1.54, 1.807) is 12.1 Å². The lowest BCUT2D eigenvalue weighted by atomic mass is 10.1. The van der Waals surface area contributed by atoms with Gasteiger partial charge in [-0.1, -0.05) is 32.1 Å². The van der Waals surface area contributed by atoms with Gasteiger partial charge in [0.25, 0.3) is 0 Å². The van der Waals surface area contributed by atoms with Crippen LogP contribution in [0.1, 0.15) is 31.2 Å². The minimum absolute atomic E-state index is 0.282. The van der Waals surface area contributed by atoms with Crippen molar-refractivity contribution >= 4 is 5.82 Å². The first-order valence-electron chi connectivity index (χ1n) is 6.55. The Hall–Kier alpha value is -2.54. The van der Waals surface area contributed by atoms with Crippen LogP contribution < -0.4 is 5.73 Å². The second kappa shape index (κ2) is 5.62. The van der Waals surface area contributed by atoms with Crippen LogP contribution in [0.4, 0.5) is 5.82 Å². The van der Waals surface area contributed by atoms with Crippen LogP contribution in [0.25, 0.3) is 11.3 Å². The molecule has 2 N–H and O–H groups in total. The maximum absolute atomic E-state index is 8.84. The molecule has 1 aromatic heterocycles. The van der Waals surface area contributed by atoms with Crippen molar-refractivity contribution in [3.63, 3.8) is 0 Å². The van der Waals surface area contributed by atoms with Gasteiger partial charge in [-0.15, -0.1) is 6.58 Å². The van der Waals surface area contributed by atoms with Crippen LogP contribution in [0.2, 0.25) is 0 Å². The molecular weight excluding hydrogens is 248 g/mol. The van der Waals surface area contributed by atoms with Crippen LogP contribution in [-0.2, 0) is 6.54 Å². The molecule has 0 bridgehead atoms. The van der Waals surface area contributed by atoms with Crippen molar-refractivity contribution in [2.45, 2.75) is 26.3 Å². The molecule has 4 nitrogen and oxygen atoms in total. The predicted octanol–water partition coefficient (Wildman–Crippen LogP) is 3.31. The molecule has 0 amide bonds. The third-order valence-corrected chi connectivity index (χ3v) is 3.15. The molecule has 0 atom stereocenters. The topological polar surface area (TPSA) is 67.6 Å². The molecule has 1 heterocycles. The van der Waals surface area contributed by atoms with Crippen molar-refractivity contribution in [2.75, 3.05) is 5.73 Å². The van der Waals surface area contributed by atoms with Crippen LogP contribution >= 0.6 is 0 Å². The molecule has 2 aromatic rings. The zero-order valence-electron chi connectivity index (χ0n) is 11.8. The quantitative estimate of drug-likeness (QED) is 0.863. The van der Waals surface area contributed by atoms with E-state index in [-0.39, 0.29) is 5.92 Å². The molecule has 4 heteroatoms. The van der Waals surface area contributed by atoms with Gasteiger partial charge in [-0.3, -0.25) is 0 Å². The molecule has 0 aliphatic rings. The summed E-state index contributed by atoms with van der Waals surface area (Å²) in [5.41, 5.74) is 8.53. The Kier molecular flexibility index (Phi) is 3.90. The Labute approximate surface area is 119 Å². The smallest absolute Gasteiger partial charge is 0.132 e. The third kappa shape index (κ3) is 2.43. The van der Waals surface area contributed by atoms with Gasteiger partial charge in [0.05, 0.1) is 11.6 Å². The summed E-state index contributed by atoms with van der Waals surface area (Å²) in [7, 11) is 0. The Balaban J connectivity index is 2.53. The highest BCUT2D eigenvalue weighted by atomic mass is 15.1. The van der Waals surface area contributed by atoms with E-state index in [9.17, 15) is 0 Å². The van der Waals surface area contributed by atoms with Gasteiger partial charge >= 0.3 is 0 Å². The monoisotopic (exact) mass is 266 g/mol. The van der Waals surface area contributed by atoms with Gasteiger partial charge in [0.15, 0.2) is 0 Å². The first kappa shape index (κ1) is 13.9. The van der Waals surface area contributed by atoms with Crippen molar-refractivity contribution in [3.8, 4) is 17.3 Å². The Morgan fingerprint density at radius 2 is 2.05 bits per heavy atom. The molecule has 0 saturated carbocycles.